The fourth-order valence-electron chi connectivity index (χ4n) is 2.25. The first kappa shape index (κ1) is 20.5. The summed E-state index contributed by atoms with van der Waals surface area (Å²) in [5.41, 5.74) is 0.749. The molecule has 0 saturated heterocycles. The molecule has 140 valence electrons. The van der Waals surface area contributed by atoms with Crippen molar-refractivity contribution in [2.45, 2.75) is 63.6 Å². The van der Waals surface area contributed by atoms with Crippen LogP contribution in [0, 0.1) is 0 Å². The van der Waals surface area contributed by atoms with Crippen LogP contribution in [0.1, 0.15) is 40.5 Å². The molecule has 8 heteroatoms. The van der Waals surface area contributed by atoms with Gasteiger partial charge in [0.15, 0.2) is 17.1 Å². The Morgan fingerprint density at radius 2 is 1.68 bits per heavy atom. The third kappa shape index (κ3) is 6.13. The van der Waals surface area contributed by atoms with E-state index in [9.17, 15) is 0 Å². The molecule has 0 aliphatic rings. The van der Waals surface area contributed by atoms with Gasteiger partial charge < -0.3 is 9.47 Å². The minimum atomic E-state index is -0.294. The van der Waals surface area contributed by atoms with Gasteiger partial charge in [0, 0.05) is 25.2 Å². The first-order valence-electron chi connectivity index (χ1n) is 8.95. The highest BCUT2D eigenvalue weighted by Crippen LogP contribution is 2.28. The molecule has 2 aromatic rings. The summed E-state index contributed by atoms with van der Waals surface area (Å²) in [4.78, 5) is 9.37. The minimum Gasteiger partial charge on any atom is -0.351 e. The van der Waals surface area contributed by atoms with Crippen molar-refractivity contribution in [1.29, 1.82) is 0 Å². The van der Waals surface area contributed by atoms with Crippen molar-refractivity contribution >= 4 is 34.6 Å². The van der Waals surface area contributed by atoms with Crippen molar-refractivity contribution in [2.75, 3.05) is 24.7 Å². The van der Waals surface area contributed by atoms with E-state index in [0.29, 0.717) is 19.8 Å². The van der Waals surface area contributed by atoms with Crippen molar-refractivity contribution in [3.63, 3.8) is 0 Å². The Labute approximate surface area is 158 Å². The summed E-state index contributed by atoms with van der Waals surface area (Å²) < 4.78 is 13.1. The van der Waals surface area contributed by atoms with Crippen molar-refractivity contribution in [3.8, 4) is 0 Å². The van der Waals surface area contributed by atoms with E-state index in [2.05, 4.69) is 23.9 Å². The molecule has 0 amide bonds. The number of aromatic nitrogens is 4. The van der Waals surface area contributed by atoms with Crippen molar-refractivity contribution in [3.05, 3.63) is 6.20 Å². The van der Waals surface area contributed by atoms with E-state index < -0.39 is 0 Å². The smallest absolute Gasteiger partial charge is 0.190 e. The molecule has 0 fully saturated rings. The lowest BCUT2D eigenvalue weighted by Gasteiger charge is -2.16. The summed E-state index contributed by atoms with van der Waals surface area (Å²) in [6, 6.07) is 0. The van der Waals surface area contributed by atoms with Crippen LogP contribution in [0.5, 0.6) is 0 Å². The fraction of sp³-hybridized carbons (Fsp3) is 0.706. The highest BCUT2D eigenvalue weighted by molar-refractivity contribution is 7.99. The normalized spacial score (nSPS) is 11.7. The van der Waals surface area contributed by atoms with Crippen LogP contribution in [0.4, 0.5) is 0 Å². The molecule has 0 aliphatic heterocycles. The van der Waals surface area contributed by atoms with E-state index in [4.69, 9.17) is 14.5 Å². The second-order valence-electron chi connectivity index (χ2n) is 5.44. The number of ether oxygens (including phenoxy) is 2. The SMILES string of the molecule is CCCSc1nc(SCCC)c2cn(CC(OCC)OCC)nc2n1. The molecule has 0 atom stereocenters. The van der Waals surface area contributed by atoms with Crippen molar-refractivity contribution in [2.24, 2.45) is 0 Å². The molecule has 2 aromatic heterocycles. The van der Waals surface area contributed by atoms with Gasteiger partial charge in [-0.15, -0.1) is 11.8 Å². The molecule has 0 aliphatic carbocycles. The van der Waals surface area contributed by atoms with E-state index in [1.807, 2.05) is 24.7 Å². The molecular weight excluding hydrogens is 356 g/mol. The van der Waals surface area contributed by atoms with E-state index in [0.717, 1.165) is 45.6 Å². The predicted octanol–water partition coefficient (Wildman–Crippen LogP) is 4.23. The lowest BCUT2D eigenvalue weighted by atomic mass is 10.4. The van der Waals surface area contributed by atoms with Crippen molar-refractivity contribution < 1.29 is 9.47 Å². The Kier molecular flexibility index (Phi) is 9.02. The highest BCUT2D eigenvalue weighted by Gasteiger charge is 2.15. The van der Waals surface area contributed by atoms with Crippen LogP contribution in [-0.2, 0) is 16.0 Å². The second-order valence-corrected chi connectivity index (χ2v) is 7.58. The summed E-state index contributed by atoms with van der Waals surface area (Å²) in [7, 11) is 0. The Hall–Kier alpha value is -0.830. The molecule has 0 spiro atoms. The minimum absolute atomic E-state index is 0.294. The lowest BCUT2D eigenvalue weighted by molar-refractivity contribution is -0.144. The predicted molar refractivity (Wildman–Crippen MR) is 104 cm³/mol. The van der Waals surface area contributed by atoms with Gasteiger partial charge in [0.05, 0.1) is 11.9 Å². The Bertz CT molecular complexity index is 645. The quantitative estimate of drug-likeness (QED) is 0.235. The van der Waals surface area contributed by atoms with Gasteiger partial charge in [-0.05, 0) is 32.4 Å². The third-order valence-corrected chi connectivity index (χ3v) is 5.54. The summed E-state index contributed by atoms with van der Waals surface area (Å²) in [5.74, 6) is 2.05. The molecule has 0 radical (unpaired) electrons. The van der Waals surface area contributed by atoms with Crippen LogP contribution in [-0.4, -0.2) is 50.8 Å². The summed E-state index contributed by atoms with van der Waals surface area (Å²) in [6.45, 7) is 10.0. The zero-order valence-electron chi connectivity index (χ0n) is 15.5. The second kappa shape index (κ2) is 11.0. The highest BCUT2D eigenvalue weighted by atomic mass is 32.2. The van der Waals surface area contributed by atoms with Crippen LogP contribution in [0.3, 0.4) is 0 Å². The maximum atomic E-state index is 5.63. The number of thioether (sulfide) groups is 2. The van der Waals surface area contributed by atoms with Gasteiger partial charge >= 0.3 is 0 Å². The van der Waals surface area contributed by atoms with Crippen LogP contribution in [0.2, 0.25) is 0 Å². The number of fused-ring (bicyclic) bond motifs is 1. The maximum absolute atomic E-state index is 5.63. The van der Waals surface area contributed by atoms with Gasteiger partial charge in [-0.3, -0.25) is 4.68 Å². The van der Waals surface area contributed by atoms with Gasteiger partial charge in [0.2, 0.25) is 0 Å². The van der Waals surface area contributed by atoms with Crippen LogP contribution < -0.4 is 0 Å². The standard InChI is InChI=1S/C17H28N4O2S2/c1-5-9-24-16-13-11-21(12-14(22-7-3)23-8-4)20-15(13)18-17(19-16)25-10-6-2/h11,14H,5-10,12H2,1-4H3. The Morgan fingerprint density at radius 1 is 1.00 bits per heavy atom. The van der Waals surface area contributed by atoms with E-state index in [1.165, 1.54) is 0 Å². The fourth-order valence-corrected chi connectivity index (χ4v) is 3.84. The molecule has 6 nitrogen and oxygen atoms in total. The Morgan fingerprint density at radius 3 is 2.32 bits per heavy atom. The van der Waals surface area contributed by atoms with E-state index >= 15 is 0 Å². The molecule has 2 heterocycles. The van der Waals surface area contributed by atoms with Crippen LogP contribution in [0.15, 0.2) is 16.4 Å². The van der Waals surface area contributed by atoms with E-state index in [-0.39, 0.29) is 6.29 Å². The first-order valence-corrected chi connectivity index (χ1v) is 10.9. The van der Waals surface area contributed by atoms with Crippen molar-refractivity contribution in [1.82, 2.24) is 19.7 Å². The van der Waals surface area contributed by atoms with Gasteiger partial charge in [-0.25, -0.2) is 9.97 Å². The summed E-state index contributed by atoms with van der Waals surface area (Å²) in [5, 5.41) is 7.46. The number of hydrogen-bond donors (Lipinski definition) is 0. The first-order chi connectivity index (χ1) is 12.2. The Balaban J connectivity index is 2.28. The summed E-state index contributed by atoms with van der Waals surface area (Å²) in [6.07, 6.45) is 3.92. The monoisotopic (exact) mass is 384 g/mol. The van der Waals surface area contributed by atoms with Crippen LogP contribution in [0.25, 0.3) is 11.0 Å². The van der Waals surface area contributed by atoms with Crippen LogP contribution >= 0.6 is 23.5 Å². The molecule has 2 rings (SSSR count). The van der Waals surface area contributed by atoms with Gasteiger partial charge in [0.1, 0.15) is 5.03 Å². The molecule has 0 bridgehead atoms. The molecule has 0 saturated carbocycles. The topological polar surface area (TPSA) is 62.1 Å². The zero-order chi connectivity index (χ0) is 18.1. The molecule has 0 N–H and O–H groups in total. The van der Waals surface area contributed by atoms with Gasteiger partial charge in [-0.2, -0.15) is 5.10 Å². The maximum Gasteiger partial charge on any atom is 0.190 e. The lowest BCUT2D eigenvalue weighted by Crippen LogP contribution is -2.23. The number of rotatable bonds is 12. The molecule has 25 heavy (non-hydrogen) atoms. The van der Waals surface area contributed by atoms with Gasteiger partial charge in [-0.1, -0.05) is 25.6 Å². The summed E-state index contributed by atoms with van der Waals surface area (Å²) >= 11 is 3.46. The average molecular weight is 385 g/mol. The number of hydrogen-bond acceptors (Lipinski definition) is 7. The largest absolute Gasteiger partial charge is 0.351 e. The third-order valence-electron chi connectivity index (χ3n) is 3.29. The zero-order valence-corrected chi connectivity index (χ0v) is 17.2. The molecular formula is C17H28N4O2S2. The van der Waals surface area contributed by atoms with Gasteiger partial charge in [0.25, 0.3) is 0 Å². The molecule has 0 unspecified atom stereocenters. The average Bonchev–Trinajstić information content (AvgIpc) is 3.00. The number of nitrogens with zero attached hydrogens (tertiary/aromatic N) is 4. The van der Waals surface area contributed by atoms with E-state index in [1.54, 1.807) is 23.5 Å². The molecule has 0 aromatic carbocycles.